The van der Waals surface area contributed by atoms with E-state index in [1.54, 1.807) is 0 Å². The lowest BCUT2D eigenvalue weighted by Gasteiger charge is -2.20. The Morgan fingerprint density at radius 3 is 2.23 bits per heavy atom. The van der Waals surface area contributed by atoms with Gasteiger partial charge < -0.3 is 4.90 Å². The summed E-state index contributed by atoms with van der Waals surface area (Å²) in [4.78, 5) is 17.1. The Bertz CT molecular complexity index is 837. The van der Waals surface area contributed by atoms with Gasteiger partial charge >= 0.3 is 0 Å². The highest BCUT2D eigenvalue weighted by Crippen LogP contribution is 2.35. The van der Waals surface area contributed by atoms with Crippen LogP contribution in [0.4, 0.5) is 11.4 Å². The molecule has 134 valence electrons. The molecule has 1 N–H and O–H groups in total. The monoisotopic (exact) mass is 365 g/mol. The van der Waals surface area contributed by atoms with Gasteiger partial charge in [-0.3, -0.25) is 15.1 Å². The van der Waals surface area contributed by atoms with Gasteiger partial charge in [0.05, 0.1) is 10.6 Å². The summed E-state index contributed by atoms with van der Waals surface area (Å²) in [6.45, 7) is 8.21. The molecule has 0 saturated carbocycles. The van der Waals surface area contributed by atoms with E-state index in [9.17, 15) is 4.79 Å². The summed E-state index contributed by atoms with van der Waals surface area (Å²) < 4.78 is 0. The number of rotatable bonds is 5. The smallest absolute Gasteiger partial charge is 0.271 e. The Hall–Kier alpha value is -2.53. The topological polar surface area (TPSA) is 47.4 Å². The number of nitrogens with zero attached hydrogens (tertiary/aromatic N) is 2. The molecule has 0 spiro atoms. The van der Waals surface area contributed by atoms with Crippen molar-refractivity contribution >= 4 is 40.3 Å². The van der Waals surface area contributed by atoms with Crippen LogP contribution in [0.3, 0.4) is 0 Å². The number of amidine groups is 1. The second-order valence-electron chi connectivity index (χ2n) is 6.16. The van der Waals surface area contributed by atoms with Crippen LogP contribution >= 0.6 is 11.8 Å². The van der Waals surface area contributed by atoms with Gasteiger partial charge in [-0.05, 0) is 68.4 Å². The van der Waals surface area contributed by atoms with Crippen LogP contribution < -0.4 is 9.80 Å². The number of carbonyl (C=O) groups is 1. The van der Waals surface area contributed by atoms with Gasteiger partial charge in [-0.2, -0.15) is 0 Å². The van der Waals surface area contributed by atoms with Crippen molar-refractivity contribution in [2.45, 2.75) is 20.8 Å². The van der Waals surface area contributed by atoms with Crippen molar-refractivity contribution in [2.24, 2.45) is 0 Å². The molecule has 2 aromatic carbocycles. The van der Waals surface area contributed by atoms with Gasteiger partial charge in [-0.15, -0.1) is 0 Å². The quantitative estimate of drug-likeness (QED) is 0.767. The van der Waals surface area contributed by atoms with E-state index < -0.39 is 0 Å². The normalized spacial score (nSPS) is 15.8. The first-order valence-electron chi connectivity index (χ1n) is 8.77. The minimum absolute atomic E-state index is 0.142. The van der Waals surface area contributed by atoms with Crippen molar-refractivity contribution in [3.05, 3.63) is 64.6 Å². The number of thioether (sulfide) groups is 1. The molecular formula is C21H23N3OS. The molecule has 26 heavy (non-hydrogen) atoms. The SMILES string of the molecule is CCN(CC)c1ccc(/C=C2\SC(=N)N(c3ccc(C)cc3)C2=O)cc1. The van der Waals surface area contributed by atoms with Gasteiger partial charge in [-0.1, -0.05) is 29.8 Å². The molecule has 2 aromatic rings. The van der Waals surface area contributed by atoms with Crippen LogP contribution in [0.1, 0.15) is 25.0 Å². The van der Waals surface area contributed by atoms with Gasteiger partial charge in [0.25, 0.3) is 5.91 Å². The molecule has 0 unspecified atom stereocenters. The number of hydrogen-bond acceptors (Lipinski definition) is 4. The zero-order chi connectivity index (χ0) is 18.7. The van der Waals surface area contributed by atoms with E-state index in [-0.39, 0.29) is 11.1 Å². The van der Waals surface area contributed by atoms with Gasteiger partial charge in [0.1, 0.15) is 0 Å². The zero-order valence-corrected chi connectivity index (χ0v) is 16.1. The van der Waals surface area contributed by atoms with E-state index in [1.165, 1.54) is 22.3 Å². The van der Waals surface area contributed by atoms with E-state index in [0.29, 0.717) is 4.91 Å². The number of anilines is 2. The third-order valence-electron chi connectivity index (χ3n) is 4.44. The van der Waals surface area contributed by atoms with Crippen molar-refractivity contribution in [3.63, 3.8) is 0 Å². The van der Waals surface area contributed by atoms with Crippen LogP contribution in [-0.2, 0) is 4.79 Å². The molecule has 4 nitrogen and oxygen atoms in total. The summed E-state index contributed by atoms with van der Waals surface area (Å²) in [7, 11) is 0. The van der Waals surface area contributed by atoms with Crippen molar-refractivity contribution in [3.8, 4) is 0 Å². The molecule has 1 aliphatic rings. The molecule has 0 aliphatic carbocycles. The van der Waals surface area contributed by atoms with Gasteiger partial charge in [-0.25, -0.2) is 0 Å². The first-order chi connectivity index (χ1) is 12.5. The number of amides is 1. The highest BCUT2D eigenvalue weighted by atomic mass is 32.2. The molecule has 1 amide bonds. The summed E-state index contributed by atoms with van der Waals surface area (Å²) in [5.74, 6) is -0.142. The highest BCUT2D eigenvalue weighted by molar-refractivity contribution is 8.19. The molecule has 0 atom stereocenters. The largest absolute Gasteiger partial charge is 0.372 e. The maximum absolute atomic E-state index is 12.8. The molecule has 1 aliphatic heterocycles. The summed E-state index contributed by atoms with van der Waals surface area (Å²) >= 11 is 1.21. The van der Waals surface area contributed by atoms with Crippen LogP contribution in [0.5, 0.6) is 0 Å². The Morgan fingerprint density at radius 1 is 1.04 bits per heavy atom. The van der Waals surface area contributed by atoms with Crippen molar-refractivity contribution < 1.29 is 4.79 Å². The maximum atomic E-state index is 12.8. The van der Waals surface area contributed by atoms with Gasteiger partial charge in [0.15, 0.2) is 5.17 Å². The van der Waals surface area contributed by atoms with Crippen LogP contribution in [0.2, 0.25) is 0 Å². The predicted octanol–water partition coefficient (Wildman–Crippen LogP) is 4.90. The molecule has 3 rings (SSSR count). The highest BCUT2D eigenvalue weighted by Gasteiger charge is 2.33. The summed E-state index contributed by atoms with van der Waals surface area (Å²) in [5.41, 5.74) is 4.01. The molecule has 0 radical (unpaired) electrons. The van der Waals surface area contributed by atoms with E-state index in [4.69, 9.17) is 5.41 Å². The molecule has 1 saturated heterocycles. The van der Waals surface area contributed by atoms with E-state index >= 15 is 0 Å². The fourth-order valence-corrected chi connectivity index (χ4v) is 3.80. The first kappa shape index (κ1) is 18.3. The van der Waals surface area contributed by atoms with E-state index in [2.05, 4.69) is 30.9 Å². The molecule has 5 heteroatoms. The van der Waals surface area contributed by atoms with E-state index in [1.807, 2.05) is 49.4 Å². The van der Waals surface area contributed by atoms with E-state index in [0.717, 1.165) is 29.9 Å². The molecule has 0 aromatic heterocycles. The number of carbonyl (C=O) groups excluding carboxylic acids is 1. The predicted molar refractivity (Wildman–Crippen MR) is 112 cm³/mol. The first-order valence-corrected chi connectivity index (χ1v) is 9.59. The third kappa shape index (κ3) is 3.68. The number of aryl methyl sites for hydroxylation is 1. The number of hydrogen-bond donors (Lipinski definition) is 1. The lowest BCUT2D eigenvalue weighted by molar-refractivity contribution is -0.113. The Balaban J connectivity index is 1.82. The van der Waals surface area contributed by atoms with Crippen molar-refractivity contribution in [1.29, 1.82) is 5.41 Å². The fraction of sp³-hybridized carbons (Fsp3) is 0.238. The standard InChI is InChI=1S/C21H23N3OS/c1-4-23(5-2)17-12-8-16(9-13-17)14-19-20(25)24(21(22)26-19)18-10-6-15(3)7-11-18/h6-14,22H,4-5H2,1-3H3/b19-14-,22-21?. The number of benzene rings is 2. The van der Waals surface area contributed by atoms with Crippen molar-refractivity contribution in [2.75, 3.05) is 22.9 Å². The van der Waals surface area contributed by atoms with Gasteiger partial charge in [0, 0.05) is 18.8 Å². The third-order valence-corrected chi connectivity index (χ3v) is 5.32. The minimum Gasteiger partial charge on any atom is -0.372 e. The maximum Gasteiger partial charge on any atom is 0.271 e. The summed E-state index contributed by atoms with van der Waals surface area (Å²) in [6, 6.07) is 15.9. The second kappa shape index (κ2) is 7.79. The van der Waals surface area contributed by atoms with Crippen molar-refractivity contribution in [1.82, 2.24) is 0 Å². The summed E-state index contributed by atoms with van der Waals surface area (Å²) in [6.07, 6.45) is 1.86. The molecule has 0 bridgehead atoms. The Morgan fingerprint density at radius 2 is 1.65 bits per heavy atom. The zero-order valence-electron chi connectivity index (χ0n) is 15.3. The van der Waals surface area contributed by atoms with Gasteiger partial charge in [0.2, 0.25) is 0 Å². The summed E-state index contributed by atoms with van der Waals surface area (Å²) in [5, 5.41) is 8.43. The van der Waals surface area contributed by atoms with Crippen LogP contribution in [0, 0.1) is 12.3 Å². The van der Waals surface area contributed by atoms with Crippen LogP contribution in [0.25, 0.3) is 6.08 Å². The van der Waals surface area contributed by atoms with Crippen LogP contribution in [0.15, 0.2) is 53.4 Å². The lowest BCUT2D eigenvalue weighted by Crippen LogP contribution is -2.28. The average molecular weight is 366 g/mol. The Kier molecular flexibility index (Phi) is 5.47. The number of nitrogens with one attached hydrogen (secondary N) is 1. The second-order valence-corrected chi connectivity index (χ2v) is 7.19. The average Bonchev–Trinajstić information content (AvgIpc) is 2.92. The minimum atomic E-state index is -0.142. The molecule has 1 fully saturated rings. The molecule has 1 heterocycles. The molecular weight excluding hydrogens is 342 g/mol. The Labute approximate surface area is 159 Å². The lowest BCUT2D eigenvalue weighted by atomic mass is 10.1. The van der Waals surface area contributed by atoms with Crippen LogP contribution in [-0.4, -0.2) is 24.2 Å². The fourth-order valence-electron chi connectivity index (χ4n) is 2.94.